The van der Waals surface area contributed by atoms with Crippen LogP contribution in [0, 0.1) is 0 Å². The molecule has 1 heterocycles. The number of hydrogen-bond donors (Lipinski definition) is 2. The van der Waals surface area contributed by atoms with Gasteiger partial charge in [-0.05, 0) is 18.6 Å². The summed E-state index contributed by atoms with van der Waals surface area (Å²) in [5.74, 6) is 0.819. The highest BCUT2D eigenvalue weighted by molar-refractivity contribution is 8.00. The van der Waals surface area contributed by atoms with Crippen molar-refractivity contribution in [3.05, 3.63) is 24.4 Å². The second kappa shape index (κ2) is 6.26. The van der Waals surface area contributed by atoms with Crippen molar-refractivity contribution in [3.63, 3.8) is 0 Å². The maximum absolute atomic E-state index is 10.2. The van der Waals surface area contributed by atoms with E-state index in [4.69, 9.17) is 5.11 Å². The summed E-state index contributed by atoms with van der Waals surface area (Å²) in [6, 6.07) is 5.61. The highest BCUT2D eigenvalue weighted by atomic mass is 32.2. The Morgan fingerprint density at radius 1 is 1.57 bits per heavy atom. The number of aromatic nitrogens is 1. The predicted octanol–water partition coefficient (Wildman–Crippen LogP) is 2.01. The zero-order valence-corrected chi connectivity index (χ0v) is 8.46. The van der Waals surface area contributed by atoms with Gasteiger partial charge in [-0.25, -0.2) is 4.98 Å². The third-order valence-corrected chi connectivity index (χ3v) is 2.32. The lowest BCUT2D eigenvalue weighted by Gasteiger charge is -2.02. The maximum atomic E-state index is 10.2. The molecule has 0 aliphatic carbocycles. The van der Waals surface area contributed by atoms with Crippen LogP contribution in [-0.4, -0.2) is 21.8 Å². The van der Waals surface area contributed by atoms with Gasteiger partial charge in [0.15, 0.2) is 0 Å². The fraction of sp³-hybridized carbons (Fsp3) is 0.333. The van der Waals surface area contributed by atoms with E-state index in [1.807, 2.05) is 18.2 Å². The molecule has 0 aromatic carbocycles. The molecular formula is C9H12N2O2S. The molecule has 76 valence electrons. The molecule has 0 unspecified atom stereocenters. The molecule has 0 spiro atoms. The molecule has 5 heteroatoms. The van der Waals surface area contributed by atoms with E-state index in [-0.39, 0.29) is 6.42 Å². The lowest BCUT2D eigenvalue weighted by atomic mass is 10.3. The zero-order chi connectivity index (χ0) is 10.2. The highest BCUT2D eigenvalue weighted by Gasteiger charge is 1.96. The molecule has 1 aromatic heterocycles. The van der Waals surface area contributed by atoms with Crippen LogP contribution in [0.1, 0.15) is 12.8 Å². The van der Waals surface area contributed by atoms with Crippen molar-refractivity contribution in [1.82, 2.24) is 4.98 Å². The lowest BCUT2D eigenvalue weighted by molar-refractivity contribution is -0.137. The Hall–Kier alpha value is -1.23. The van der Waals surface area contributed by atoms with Crippen molar-refractivity contribution in [1.29, 1.82) is 0 Å². The molecule has 0 aliphatic heterocycles. The van der Waals surface area contributed by atoms with Crippen molar-refractivity contribution in [2.75, 3.05) is 10.5 Å². The van der Waals surface area contributed by atoms with E-state index in [2.05, 4.69) is 9.71 Å². The van der Waals surface area contributed by atoms with Gasteiger partial charge in [-0.1, -0.05) is 18.0 Å². The number of anilines is 1. The average molecular weight is 212 g/mol. The van der Waals surface area contributed by atoms with Crippen LogP contribution in [-0.2, 0) is 4.79 Å². The predicted molar refractivity (Wildman–Crippen MR) is 57.2 cm³/mol. The van der Waals surface area contributed by atoms with Gasteiger partial charge in [0, 0.05) is 18.4 Å². The van der Waals surface area contributed by atoms with Gasteiger partial charge in [-0.15, -0.1) is 0 Å². The Morgan fingerprint density at radius 3 is 3.07 bits per heavy atom. The van der Waals surface area contributed by atoms with E-state index in [0.29, 0.717) is 6.42 Å². The van der Waals surface area contributed by atoms with Crippen molar-refractivity contribution in [2.45, 2.75) is 12.8 Å². The van der Waals surface area contributed by atoms with Gasteiger partial charge >= 0.3 is 5.97 Å². The number of pyridine rings is 1. The number of rotatable bonds is 6. The quantitative estimate of drug-likeness (QED) is 0.558. The molecule has 14 heavy (non-hydrogen) atoms. The minimum atomic E-state index is -0.747. The summed E-state index contributed by atoms with van der Waals surface area (Å²) in [6.07, 6.45) is 2.59. The largest absolute Gasteiger partial charge is 0.481 e. The van der Waals surface area contributed by atoms with Gasteiger partial charge in [-0.2, -0.15) is 0 Å². The third kappa shape index (κ3) is 4.71. The number of nitrogens with zero attached hydrogens (tertiary/aromatic N) is 1. The van der Waals surface area contributed by atoms with Crippen LogP contribution in [0.2, 0.25) is 0 Å². The molecule has 0 radical (unpaired) electrons. The number of carboxylic acid groups (broad SMARTS) is 1. The first kappa shape index (κ1) is 10.8. The first-order chi connectivity index (χ1) is 6.79. The van der Waals surface area contributed by atoms with Gasteiger partial charge in [-0.3, -0.25) is 4.79 Å². The molecule has 0 fully saturated rings. The molecule has 0 aliphatic rings. The van der Waals surface area contributed by atoms with E-state index in [0.717, 1.165) is 11.6 Å². The van der Waals surface area contributed by atoms with E-state index >= 15 is 0 Å². The van der Waals surface area contributed by atoms with E-state index in [1.54, 1.807) is 6.20 Å². The first-order valence-electron chi connectivity index (χ1n) is 4.29. The fourth-order valence-electron chi connectivity index (χ4n) is 0.844. The summed E-state index contributed by atoms with van der Waals surface area (Å²) in [5, 5.41) is 8.39. The normalized spacial score (nSPS) is 9.71. The third-order valence-electron chi connectivity index (χ3n) is 1.48. The summed E-state index contributed by atoms with van der Waals surface area (Å²) in [6.45, 7) is 0. The zero-order valence-electron chi connectivity index (χ0n) is 7.64. The Morgan fingerprint density at radius 2 is 2.43 bits per heavy atom. The Labute approximate surface area is 86.9 Å². The van der Waals surface area contributed by atoms with Crippen molar-refractivity contribution < 1.29 is 9.90 Å². The van der Waals surface area contributed by atoms with Crippen molar-refractivity contribution in [3.8, 4) is 0 Å². The van der Waals surface area contributed by atoms with Gasteiger partial charge in [0.1, 0.15) is 5.82 Å². The maximum Gasteiger partial charge on any atom is 0.303 e. The van der Waals surface area contributed by atoms with Crippen LogP contribution >= 0.6 is 11.9 Å². The van der Waals surface area contributed by atoms with Crippen LogP contribution in [0.3, 0.4) is 0 Å². The summed E-state index contributed by atoms with van der Waals surface area (Å²) >= 11 is 1.47. The Kier molecular flexibility index (Phi) is 4.85. The minimum Gasteiger partial charge on any atom is -0.481 e. The van der Waals surface area contributed by atoms with Crippen LogP contribution in [0.4, 0.5) is 5.82 Å². The standard InChI is InChI=1S/C9H12N2O2S/c12-9(13)5-3-7-14-11-8-4-1-2-6-10-8/h1-2,4,6H,3,5,7H2,(H,10,11)(H,12,13). The molecule has 0 atom stereocenters. The van der Waals surface area contributed by atoms with Crippen LogP contribution in [0.5, 0.6) is 0 Å². The molecule has 0 bridgehead atoms. The summed E-state index contributed by atoms with van der Waals surface area (Å²) < 4.78 is 3.03. The minimum absolute atomic E-state index is 0.219. The van der Waals surface area contributed by atoms with Crippen LogP contribution in [0.15, 0.2) is 24.4 Å². The lowest BCUT2D eigenvalue weighted by Crippen LogP contribution is -1.97. The van der Waals surface area contributed by atoms with Gasteiger partial charge < -0.3 is 9.83 Å². The van der Waals surface area contributed by atoms with E-state index < -0.39 is 5.97 Å². The molecular weight excluding hydrogens is 200 g/mol. The van der Waals surface area contributed by atoms with Crippen molar-refractivity contribution in [2.24, 2.45) is 0 Å². The smallest absolute Gasteiger partial charge is 0.303 e. The molecule has 0 saturated carbocycles. The summed E-state index contributed by atoms with van der Waals surface area (Å²) in [7, 11) is 0. The highest BCUT2D eigenvalue weighted by Crippen LogP contribution is 2.09. The number of carbonyl (C=O) groups is 1. The fourth-order valence-corrected chi connectivity index (χ4v) is 1.50. The molecule has 1 aromatic rings. The van der Waals surface area contributed by atoms with Crippen LogP contribution in [0.25, 0.3) is 0 Å². The number of hydrogen-bond acceptors (Lipinski definition) is 4. The Balaban J connectivity index is 2.08. The first-order valence-corrected chi connectivity index (χ1v) is 5.28. The summed E-state index contributed by atoms with van der Waals surface area (Å²) in [5.41, 5.74) is 0. The number of carboxylic acids is 1. The molecule has 1 rings (SSSR count). The molecule has 0 saturated heterocycles. The molecule has 2 N–H and O–H groups in total. The monoisotopic (exact) mass is 212 g/mol. The average Bonchev–Trinajstić information content (AvgIpc) is 2.18. The van der Waals surface area contributed by atoms with Gasteiger partial charge in [0.2, 0.25) is 0 Å². The number of nitrogens with one attached hydrogen (secondary N) is 1. The second-order valence-electron chi connectivity index (χ2n) is 2.66. The Bertz CT molecular complexity index is 279. The van der Waals surface area contributed by atoms with Gasteiger partial charge in [0.25, 0.3) is 0 Å². The van der Waals surface area contributed by atoms with E-state index in [1.165, 1.54) is 11.9 Å². The summed E-state index contributed by atoms with van der Waals surface area (Å²) in [4.78, 5) is 14.3. The molecule has 0 amide bonds. The van der Waals surface area contributed by atoms with Crippen LogP contribution < -0.4 is 4.72 Å². The van der Waals surface area contributed by atoms with Crippen molar-refractivity contribution >= 4 is 23.7 Å². The SMILES string of the molecule is O=C(O)CCCSNc1ccccn1. The topological polar surface area (TPSA) is 62.2 Å². The van der Waals surface area contributed by atoms with Gasteiger partial charge in [0.05, 0.1) is 0 Å². The number of aliphatic carboxylic acids is 1. The van der Waals surface area contributed by atoms with E-state index in [9.17, 15) is 4.79 Å². The molecule has 4 nitrogen and oxygen atoms in total. The second-order valence-corrected chi connectivity index (χ2v) is 3.56.